The van der Waals surface area contributed by atoms with Crippen LogP contribution in [0, 0.1) is 11.8 Å². The Morgan fingerprint density at radius 2 is 1.54 bits per heavy atom. The van der Waals surface area contributed by atoms with E-state index >= 15 is 0 Å². The van der Waals surface area contributed by atoms with Crippen molar-refractivity contribution in [1.82, 2.24) is 29.7 Å². The van der Waals surface area contributed by atoms with Crippen molar-refractivity contribution in [2.75, 3.05) is 13.1 Å². The van der Waals surface area contributed by atoms with E-state index in [1.165, 1.54) is 0 Å². The maximum atomic E-state index is 12.9. The Kier molecular flexibility index (Phi) is 8.65. The van der Waals surface area contributed by atoms with Crippen molar-refractivity contribution in [3.63, 3.8) is 0 Å². The predicted molar refractivity (Wildman–Crippen MR) is 185 cm³/mol. The number of likely N-dealkylation sites (tertiary alicyclic amines) is 1. The average Bonchev–Trinajstić information content (AvgIpc) is 3.76. The molecule has 10 heteroatoms. The molecular weight excluding hydrogens is 604 g/mol. The van der Waals surface area contributed by atoms with E-state index in [0.717, 1.165) is 45.4 Å². The molecular formula is C38H42N6O4. The Bertz CT molecular complexity index is 1940. The summed E-state index contributed by atoms with van der Waals surface area (Å²) in [5.41, 5.74) is 4.90. The molecule has 4 heterocycles. The first-order chi connectivity index (χ1) is 22.7. The number of rotatable bonds is 3. The zero-order valence-electron chi connectivity index (χ0n) is 28.4. The number of nitrogens with zero attached hydrogens (tertiary/aromatic N) is 4. The molecule has 2 atom stereocenters. The van der Waals surface area contributed by atoms with Gasteiger partial charge in [-0.1, -0.05) is 42.7 Å². The number of H-pyrrole nitrogens is 2. The van der Waals surface area contributed by atoms with Gasteiger partial charge in [0.2, 0.25) is 0 Å². The lowest BCUT2D eigenvalue weighted by Gasteiger charge is -2.33. The summed E-state index contributed by atoms with van der Waals surface area (Å²) in [7, 11) is 0. The van der Waals surface area contributed by atoms with E-state index in [1.54, 1.807) is 16.0 Å². The summed E-state index contributed by atoms with van der Waals surface area (Å²) >= 11 is 0. The molecule has 48 heavy (non-hydrogen) atoms. The SMILES string of the molecule is C=C1CCN(C(=O)OC(C)(C)C)[C@@H]1c1nc2ccc(C#Cc3ccc(-c4cnc([C@@H]5C=CCCN5C(=O)OC(C)(C)C)[nH]4)cc3)cc2[nH]1. The van der Waals surface area contributed by atoms with Gasteiger partial charge in [0.25, 0.3) is 0 Å². The largest absolute Gasteiger partial charge is 0.444 e. The van der Waals surface area contributed by atoms with Crippen molar-refractivity contribution in [1.29, 1.82) is 0 Å². The fourth-order valence-corrected chi connectivity index (χ4v) is 5.80. The fourth-order valence-electron chi connectivity index (χ4n) is 5.80. The number of ether oxygens (including phenoxy) is 2. The molecule has 248 valence electrons. The molecule has 2 aromatic carbocycles. The third kappa shape index (κ3) is 7.31. The molecule has 4 aromatic rings. The third-order valence-electron chi connectivity index (χ3n) is 8.00. The number of carbonyl (C=O) groups is 2. The number of hydrogen-bond acceptors (Lipinski definition) is 6. The predicted octanol–water partition coefficient (Wildman–Crippen LogP) is 7.83. The molecule has 6 rings (SSSR count). The molecule has 1 fully saturated rings. The second-order valence-corrected chi connectivity index (χ2v) is 14.2. The minimum atomic E-state index is -0.588. The van der Waals surface area contributed by atoms with Crippen molar-refractivity contribution in [2.45, 2.75) is 77.7 Å². The smallest absolute Gasteiger partial charge is 0.411 e. The number of imidazole rings is 2. The standard InChI is InChI=1S/C38H42N6O4/c1-24-19-21-44(36(46)48-38(5,6)7)32(24)34-40-28-18-15-26(22-29(28)41-34)12-11-25-13-16-27(17-14-25)30-23-39-33(42-30)31-10-8-9-20-43(31)35(45)47-37(2,3)4/h8,10,13-18,22-23,31-32H,1,9,19-21H2,2-7H3,(H,39,42)(H,40,41)/t31-,32-/m0/s1. The Hall–Kier alpha value is -5.30. The van der Waals surface area contributed by atoms with E-state index in [9.17, 15) is 9.59 Å². The number of nitrogens with one attached hydrogen (secondary N) is 2. The van der Waals surface area contributed by atoms with Crippen LogP contribution in [-0.2, 0) is 9.47 Å². The Balaban J connectivity index is 1.15. The van der Waals surface area contributed by atoms with Crippen molar-refractivity contribution in [2.24, 2.45) is 0 Å². The molecule has 0 radical (unpaired) electrons. The van der Waals surface area contributed by atoms with Gasteiger partial charge in [-0.3, -0.25) is 9.80 Å². The van der Waals surface area contributed by atoms with Gasteiger partial charge < -0.3 is 19.4 Å². The first kappa shape index (κ1) is 32.6. The highest BCUT2D eigenvalue weighted by atomic mass is 16.6. The van der Waals surface area contributed by atoms with Gasteiger partial charge in [-0.15, -0.1) is 0 Å². The number of aromatic nitrogens is 4. The van der Waals surface area contributed by atoms with Crippen molar-refractivity contribution in [3.05, 3.63) is 95.7 Å². The topological polar surface area (TPSA) is 116 Å². The van der Waals surface area contributed by atoms with Crippen LogP contribution in [0.2, 0.25) is 0 Å². The average molecular weight is 647 g/mol. The fraction of sp³-hybridized carbons (Fsp3) is 0.368. The van der Waals surface area contributed by atoms with Gasteiger partial charge in [0.15, 0.2) is 0 Å². The van der Waals surface area contributed by atoms with E-state index in [-0.39, 0.29) is 24.3 Å². The molecule has 2 N–H and O–H groups in total. The minimum absolute atomic E-state index is 0.323. The number of fused-ring (bicyclic) bond motifs is 1. The van der Waals surface area contributed by atoms with Gasteiger partial charge in [0.1, 0.15) is 34.9 Å². The van der Waals surface area contributed by atoms with Gasteiger partial charge in [-0.25, -0.2) is 19.6 Å². The molecule has 2 aromatic heterocycles. The molecule has 0 unspecified atom stereocenters. The van der Waals surface area contributed by atoms with E-state index in [2.05, 4.69) is 39.4 Å². The third-order valence-corrected chi connectivity index (χ3v) is 8.00. The number of benzene rings is 2. The maximum Gasteiger partial charge on any atom is 0.411 e. The summed E-state index contributed by atoms with van der Waals surface area (Å²) in [4.78, 5) is 45.3. The van der Waals surface area contributed by atoms with Crippen molar-refractivity contribution < 1.29 is 19.1 Å². The van der Waals surface area contributed by atoms with Crippen LogP contribution in [0.25, 0.3) is 22.3 Å². The molecule has 0 spiro atoms. The van der Waals surface area contributed by atoms with Crippen LogP contribution in [-0.4, -0.2) is 66.2 Å². The van der Waals surface area contributed by atoms with E-state index < -0.39 is 11.2 Å². The summed E-state index contributed by atoms with van der Waals surface area (Å²) in [6.45, 7) is 16.5. The quantitative estimate of drug-likeness (QED) is 0.173. The van der Waals surface area contributed by atoms with Gasteiger partial charge in [-0.05, 0) is 95.9 Å². The van der Waals surface area contributed by atoms with Crippen LogP contribution in [0.1, 0.15) is 89.2 Å². The lowest BCUT2D eigenvalue weighted by Crippen LogP contribution is -2.40. The lowest BCUT2D eigenvalue weighted by molar-refractivity contribution is 0.0182. The summed E-state index contributed by atoms with van der Waals surface area (Å²) in [5, 5.41) is 0. The zero-order chi connectivity index (χ0) is 34.2. The molecule has 2 aliphatic rings. The molecule has 0 aliphatic carbocycles. The first-order valence-electron chi connectivity index (χ1n) is 16.2. The van der Waals surface area contributed by atoms with Crippen LogP contribution < -0.4 is 0 Å². The molecule has 10 nitrogen and oxygen atoms in total. The molecule has 0 saturated carbocycles. The minimum Gasteiger partial charge on any atom is -0.444 e. The number of amides is 2. The second-order valence-electron chi connectivity index (χ2n) is 14.2. The van der Waals surface area contributed by atoms with Crippen LogP contribution >= 0.6 is 0 Å². The summed E-state index contributed by atoms with van der Waals surface area (Å²) < 4.78 is 11.3. The van der Waals surface area contributed by atoms with Crippen LogP contribution in [0.4, 0.5) is 9.59 Å². The summed E-state index contributed by atoms with van der Waals surface area (Å²) in [5.74, 6) is 7.85. The molecule has 0 bridgehead atoms. The number of carbonyl (C=O) groups excluding carboxylic acids is 2. The highest BCUT2D eigenvalue weighted by Gasteiger charge is 2.37. The van der Waals surface area contributed by atoms with Gasteiger partial charge in [-0.2, -0.15) is 0 Å². The van der Waals surface area contributed by atoms with Gasteiger partial charge in [0, 0.05) is 24.2 Å². The first-order valence-corrected chi connectivity index (χ1v) is 16.2. The van der Waals surface area contributed by atoms with E-state index in [0.29, 0.717) is 31.2 Å². The van der Waals surface area contributed by atoms with Crippen molar-refractivity contribution >= 4 is 23.2 Å². The number of hydrogen-bond donors (Lipinski definition) is 2. The summed E-state index contributed by atoms with van der Waals surface area (Å²) in [6, 6.07) is 13.1. The maximum absolute atomic E-state index is 12.9. The van der Waals surface area contributed by atoms with E-state index in [1.807, 2.05) is 90.1 Å². The van der Waals surface area contributed by atoms with Crippen LogP contribution in [0.5, 0.6) is 0 Å². The zero-order valence-corrected chi connectivity index (χ0v) is 28.4. The van der Waals surface area contributed by atoms with Gasteiger partial charge in [0.05, 0.1) is 22.9 Å². The van der Waals surface area contributed by atoms with Crippen molar-refractivity contribution in [3.8, 4) is 23.1 Å². The monoisotopic (exact) mass is 646 g/mol. The normalized spacial score (nSPS) is 18.2. The Morgan fingerprint density at radius 3 is 2.25 bits per heavy atom. The molecule has 2 aliphatic heterocycles. The molecule has 2 amide bonds. The van der Waals surface area contributed by atoms with Crippen LogP contribution in [0.3, 0.4) is 0 Å². The summed E-state index contributed by atoms with van der Waals surface area (Å²) in [6.07, 6.45) is 6.58. The second kappa shape index (κ2) is 12.7. The Labute approximate surface area is 281 Å². The molecule has 1 saturated heterocycles. The van der Waals surface area contributed by atoms with Crippen LogP contribution in [0.15, 0.2) is 73.0 Å². The highest BCUT2D eigenvalue weighted by Crippen LogP contribution is 2.36. The van der Waals surface area contributed by atoms with E-state index in [4.69, 9.17) is 14.5 Å². The Morgan fingerprint density at radius 1 is 0.875 bits per heavy atom. The van der Waals surface area contributed by atoms with Gasteiger partial charge >= 0.3 is 12.2 Å². The highest BCUT2D eigenvalue weighted by molar-refractivity contribution is 5.78. The number of aromatic amines is 2. The lowest BCUT2D eigenvalue weighted by atomic mass is 10.1.